The maximum Gasteiger partial charge on any atom is 0.0205 e. The molecule has 1 N–H and O–H groups in total. The van der Waals surface area contributed by atoms with Gasteiger partial charge in [0, 0.05) is 16.3 Å². The first-order valence-electron chi connectivity index (χ1n) is 7.15. The summed E-state index contributed by atoms with van der Waals surface area (Å²) in [6.07, 6.45) is 0. The van der Waals surface area contributed by atoms with Gasteiger partial charge >= 0.3 is 0 Å². The van der Waals surface area contributed by atoms with Crippen LogP contribution in [0.4, 0.5) is 0 Å². The molecule has 1 nitrogen and oxygen atoms in total. The van der Waals surface area contributed by atoms with Gasteiger partial charge in [-0.15, -0.1) is 0 Å². The fourth-order valence-corrected chi connectivity index (χ4v) is 3.09. The monoisotopic (exact) mass is 285 g/mol. The summed E-state index contributed by atoms with van der Waals surface area (Å²) in [7, 11) is 0. The van der Waals surface area contributed by atoms with Crippen LogP contribution < -0.4 is 5.32 Å². The summed E-state index contributed by atoms with van der Waals surface area (Å²) in [6, 6.07) is 13.4. The van der Waals surface area contributed by atoms with Crippen LogP contribution in [0.2, 0.25) is 0 Å². The van der Waals surface area contributed by atoms with E-state index in [9.17, 15) is 0 Å². The first-order chi connectivity index (χ1) is 9.60. The van der Waals surface area contributed by atoms with E-state index in [-0.39, 0.29) is 0 Å². The standard InChI is InChI=1S/C18H23NS/c1-5-19-12-16-7-9-18(15(4)10-16)20-17-8-6-13(2)14(3)11-17/h6-11,19H,5,12H2,1-4H3. The van der Waals surface area contributed by atoms with E-state index in [2.05, 4.69) is 69.4 Å². The van der Waals surface area contributed by atoms with E-state index in [4.69, 9.17) is 0 Å². The van der Waals surface area contributed by atoms with E-state index in [0.717, 1.165) is 13.1 Å². The van der Waals surface area contributed by atoms with Crippen LogP contribution in [-0.4, -0.2) is 6.54 Å². The maximum absolute atomic E-state index is 3.37. The second-order valence-electron chi connectivity index (χ2n) is 5.23. The molecule has 2 heteroatoms. The molecular weight excluding hydrogens is 262 g/mol. The van der Waals surface area contributed by atoms with Crippen LogP contribution in [0.5, 0.6) is 0 Å². The quantitative estimate of drug-likeness (QED) is 0.841. The highest BCUT2D eigenvalue weighted by atomic mass is 32.2. The number of nitrogens with one attached hydrogen (secondary N) is 1. The Bertz CT molecular complexity index is 590. The minimum Gasteiger partial charge on any atom is -0.313 e. The summed E-state index contributed by atoms with van der Waals surface area (Å²) >= 11 is 1.85. The Morgan fingerprint density at radius 1 is 0.900 bits per heavy atom. The Balaban J connectivity index is 2.14. The van der Waals surface area contributed by atoms with Crippen LogP contribution in [0.3, 0.4) is 0 Å². The van der Waals surface area contributed by atoms with Gasteiger partial charge < -0.3 is 5.32 Å². The minimum atomic E-state index is 0.950. The van der Waals surface area contributed by atoms with Crippen molar-refractivity contribution >= 4 is 11.8 Å². The highest BCUT2D eigenvalue weighted by molar-refractivity contribution is 7.99. The molecule has 0 unspecified atom stereocenters. The van der Waals surface area contributed by atoms with Crippen LogP contribution in [0.25, 0.3) is 0 Å². The molecule has 0 spiro atoms. The van der Waals surface area contributed by atoms with Gasteiger partial charge in [0.05, 0.1) is 0 Å². The average molecular weight is 285 g/mol. The Morgan fingerprint density at radius 2 is 1.70 bits per heavy atom. The summed E-state index contributed by atoms with van der Waals surface area (Å²) in [4.78, 5) is 2.66. The molecule has 0 heterocycles. The molecule has 20 heavy (non-hydrogen) atoms. The largest absolute Gasteiger partial charge is 0.313 e. The molecule has 0 radical (unpaired) electrons. The van der Waals surface area contributed by atoms with Crippen LogP contribution in [0.1, 0.15) is 29.2 Å². The number of benzene rings is 2. The Hall–Kier alpha value is -1.25. The number of hydrogen-bond donors (Lipinski definition) is 1. The third kappa shape index (κ3) is 3.87. The highest BCUT2D eigenvalue weighted by Crippen LogP contribution is 2.31. The number of rotatable bonds is 5. The van der Waals surface area contributed by atoms with Gasteiger partial charge in [0.1, 0.15) is 0 Å². The molecule has 0 aliphatic rings. The Kier molecular flexibility index (Phi) is 5.27. The zero-order chi connectivity index (χ0) is 14.5. The molecule has 0 aliphatic heterocycles. The second-order valence-corrected chi connectivity index (χ2v) is 6.34. The van der Waals surface area contributed by atoms with E-state index in [1.165, 1.54) is 32.0 Å². The van der Waals surface area contributed by atoms with Crippen LogP contribution in [-0.2, 0) is 6.54 Å². The topological polar surface area (TPSA) is 12.0 Å². The van der Waals surface area contributed by atoms with Gasteiger partial charge in [0.2, 0.25) is 0 Å². The smallest absolute Gasteiger partial charge is 0.0205 e. The summed E-state index contributed by atoms with van der Waals surface area (Å²) < 4.78 is 0. The van der Waals surface area contributed by atoms with E-state index >= 15 is 0 Å². The van der Waals surface area contributed by atoms with Gasteiger partial charge in [-0.1, -0.05) is 36.9 Å². The number of aryl methyl sites for hydroxylation is 3. The highest BCUT2D eigenvalue weighted by Gasteiger charge is 2.04. The van der Waals surface area contributed by atoms with Crippen molar-refractivity contribution in [2.24, 2.45) is 0 Å². The van der Waals surface area contributed by atoms with Crippen molar-refractivity contribution in [3.05, 3.63) is 58.7 Å². The average Bonchev–Trinajstić information content (AvgIpc) is 2.43. The first kappa shape index (κ1) is 15.1. The zero-order valence-corrected chi connectivity index (χ0v) is 13.6. The van der Waals surface area contributed by atoms with E-state index in [0.29, 0.717) is 0 Å². The predicted molar refractivity (Wildman–Crippen MR) is 88.6 cm³/mol. The van der Waals surface area contributed by atoms with Crippen LogP contribution in [0, 0.1) is 20.8 Å². The summed E-state index contributed by atoms with van der Waals surface area (Å²) in [5, 5.41) is 3.37. The molecule has 0 fully saturated rings. The van der Waals surface area contributed by atoms with E-state index in [1.54, 1.807) is 0 Å². The molecule has 0 aliphatic carbocycles. The molecule has 2 aromatic rings. The second kappa shape index (κ2) is 6.96. The molecule has 2 aromatic carbocycles. The van der Waals surface area contributed by atoms with Gasteiger partial charge in [0.25, 0.3) is 0 Å². The third-order valence-electron chi connectivity index (χ3n) is 3.52. The summed E-state index contributed by atoms with van der Waals surface area (Å²) in [5.74, 6) is 0. The number of hydrogen-bond acceptors (Lipinski definition) is 2. The van der Waals surface area contributed by atoms with E-state index in [1.807, 2.05) is 11.8 Å². The van der Waals surface area contributed by atoms with Gasteiger partial charge in [-0.2, -0.15) is 0 Å². The van der Waals surface area contributed by atoms with Crippen LogP contribution >= 0.6 is 11.8 Å². The van der Waals surface area contributed by atoms with Gasteiger partial charge in [-0.05, 0) is 67.8 Å². The van der Waals surface area contributed by atoms with E-state index < -0.39 is 0 Å². The molecule has 0 aromatic heterocycles. The van der Waals surface area contributed by atoms with Crippen molar-refractivity contribution in [3.63, 3.8) is 0 Å². The molecule has 0 saturated heterocycles. The SMILES string of the molecule is CCNCc1ccc(Sc2ccc(C)c(C)c2)c(C)c1. The molecule has 106 valence electrons. The molecule has 2 rings (SSSR count). The van der Waals surface area contributed by atoms with Gasteiger partial charge in [-0.25, -0.2) is 0 Å². The fraction of sp³-hybridized carbons (Fsp3) is 0.333. The van der Waals surface area contributed by atoms with Crippen molar-refractivity contribution < 1.29 is 0 Å². The van der Waals surface area contributed by atoms with Gasteiger partial charge in [-0.3, -0.25) is 0 Å². The Labute approximate surface area is 126 Å². The first-order valence-corrected chi connectivity index (χ1v) is 7.97. The fourth-order valence-electron chi connectivity index (χ4n) is 2.11. The van der Waals surface area contributed by atoms with Crippen molar-refractivity contribution in [1.29, 1.82) is 0 Å². The normalized spacial score (nSPS) is 10.8. The lowest BCUT2D eigenvalue weighted by Gasteiger charge is -2.10. The molecule has 0 bridgehead atoms. The zero-order valence-electron chi connectivity index (χ0n) is 12.8. The molecular formula is C18H23NS. The van der Waals surface area contributed by atoms with Crippen LogP contribution in [0.15, 0.2) is 46.2 Å². The summed E-state index contributed by atoms with van der Waals surface area (Å²) in [6.45, 7) is 10.6. The lowest BCUT2D eigenvalue weighted by Crippen LogP contribution is -2.11. The van der Waals surface area contributed by atoms with Gasteiger partial charge in [0.15, 0.2) is 0 Å². The maximum atomic E-state index is 3.37. The third-order valence-corrected chi connectivity index (χ3v) is 4.69. The molecule has 0 atom stereocenters. The van der Waals surface area contributed by atoms with Crippen molar-refractivity contribution in [1.82, 2.24) is 5.32 Å². The van der Waals surface area contributed by atoms with Crippen molar-refractivity contribution in [2.75, 3.05) is 6.54 Å². The lowest BCUT2D eigenvalue weighted by atomic mass is 10.1. The Morgan fingerprint density at radius 3 is 2.35 bits per heavy atom. The van der Waals surface area contributed by atoms with Crippen molar-refractivity contribution in [3.8, 4) is 0 Å². The predicted octanol–water partition coefficient (Wildman–Crippen LogP) is 4.87. The molecule has 0 amide bonds. The minimum absolute atomic E-state index is 0.950. The summed E-state index contributed by atoms with van der Waals surface area (Å²) in [5.41, 5.74) is 5.42. The van der Waals surface area contributed by atoms with Crippen molar-refractivity contribution in [2.45, 2.75) is 44.0 Å². The molecule has 0 saturated carbocycles. The lowest BCUT2D eigenvalue weighted by molar-refractivity contribution is 0.726.